The second-order valence-electron chi connectivity index (χ2n) is 9.45. The van der Waals surface area contributed by atoms with E-state index in [2.05, 4.69) is 22.5 Å². The second kappa shape index (κ2) is 15.2. The third-order valence-corrected chi connectivity index (χ3v) is 6.10. The highest BCUT2D eigenvalue weighted by Crippen LogP contribution is 2.25. The van der Waals surface area contributed by atoms with Gasteiger partial charge in [-0.1, -0.05) is 50.5 Å². The Bertz CT molecular complexity index is 1290. The van der Waals surface area contributed by atoms with Gasteiger partial charge in [0.2, 0.25) is 5.91 Å². The summed E-state index contributed by atoms with van der Waals surface area (Å²) in [7, 11) is 0. The van der Waals surface area contributed by atoms with Gasteiger partial charge in [0.05, 0.1) is 17.3 Å². The van der Waals surface area contributed by atoms with E-state index in [9.17, 15) is 14.0 Å². The number of hydrogen-bond donors (Lipinski definition) is 5. The summed E-state index contributed by atoms with van der Waals surface area (Å²) in [5, 5.41) is 5.72. The van der Waals surface area contributed by atoms with Crippen LogP contribution in [0.5, 0.6) is 5.75 Å². The van der Waals surface area contributed by atoms with Crippen LogP contribution in [0.15, 0.2) is 71.7 Å². The van der Waals surface area contributed by atoms with E-state index in [0.29, 0.717) is 29.9 Å². The number of ether oxygens (including phenoxy) is 1. The Hall–Kier alpha value is -4.44. The number of unbranched alkanes of at least 4 members (excludes halogenated alkanes) is 3. The molecule has 1 atom stereocenters. The van der Waals surface area contributed by atoms with Crippen molar-refractivity contribution < 1.29 is 18.7 Å². The fourth-order valence-corrected chi connectivity index (χ4v) is 3.93. The van der Waals surface area contributed by atoms with E-state index in [4.69, 9.17) is 21.9 Å². The molecule has 0 fully saturated rings. The maximum atomic E-state index is 13.3. The Kier molecular flexibility index (Phi) is 11.5. The Morgan fingerprint density at radius 1 is 0.950 bits per heavy atom. The summed E-state index contributed by atoms with van der Waals surface area (Å²) in [5.74, 6) is -0.773. The average molecular weight is 549 g/mol. The number of nitrogens with one attached hydrogen (secondary N) is 2. The van der Waals surface area contributed by atoms with Gasteiger partial charge in [0, 0.05) is 18.3 Å². The van der Waals surface area contributed by atoms with Crippen molar-refractivity contribution in [3.63, 3.8) is 0 Å². The van der Waals surface area contributed by atoms with Crippen molar-refractivity contribution in [3.05, 3.63) is 89.2 Å². The highest BCUT2D eigenvalue weighted by molar-refractivity contribution is 5.99. The first kappa shape index (κ1) is 30.1. The van der Waals surface area contributed by atoms with Gasteiger partial charge in [0.1, 0.15) is 18.2 Å². The minimum absolute atomic E-state index is 0.0414. The summed E-state index contributed by atoms with van der Waals surface area (Å²) in [6, 6.07) is 17.0. The zero-order valence-corrected chi connectivity index (χ0v) is 22.7. The van der Waals surface area contributed by atoms with Gasteiger partial charge in [-0.2, -0.15) is 0 Å². The van der Waals surface area contributed by atoms with Crippen molar-refractivity contribution in [2.24, 2.45) is 22.2 Å². The number of anilines is 1. The van der Waals surface area contributed by atoms with Crippen LogP contribution < -0.4 is 32.6 Å². The molecule has 40 heavy (non-hydrogen) atoms. The topological polar surface area (TPSA) is 158 Å². The van der Waals surface area contributed by atoms with Crippen LogP contribution >= 0.6 is 0 Å². The Morgan fingerprint density at radius 3 is 2.33 bits per heavy atom. The highest BCUT2D eigenvalue weighted by Gasteiger charge is 2.18. The first-order chi connectivity index (χ1) is 19.2. The van der Waals surface area contributed by atoms with Gasteiger partial charge in [0.15, 0.2) is 5.96 Å². The van der Waals surface area contributed by atoms with Crippen molar-refractivity contribution in [1.29, 1.82) is 0 Å². The zero-order chi connectivity index (χ0) is 28.9. The number of nitrogens with two attached hydrogens (primary N) is 3. The quantitative estimate of drug-likeness (QED) is 0.116. The number of carbonyl (C=O) groups is 2. The van der Waals surface area contributed by atoms with E-state index < -0.39 is 11.9 Å². The lowest BCUT2D eigenvalue weighted by Crippen LogP contribution is -2.37. The van der Waals surface area contributed by atoms with Crippen LogP contribution in [0, 0.1) is 5.82 Å². The van der Waals surface area contributed by atoms with Gasteiger partial charge in [-0.05, 0) is 60.4 Å². The SMILES string of the molecule is CCCCCCNC(=O)c1ccc(NC(=O)[C@@H](N)Cc2ccc(N=C(N)N)cc2)cc1OCc1ccc(F)cc1. The summed E-state index contributed by atoms with van der Waals surface area (Å²) < 4.78 is 19.2. The fourth-order valence-electron chi connectivity index (χ4n) is 3.93. The van der Waals surface area contributed by atoms with Gasteiger partial charge in [-0.15, -0.1) is 0 Å². The second-order valence-corrected chi connectivity index (χ2v) is 9.45. The largest absolute Gasteiger partial charge is 0.488 e. The molecule has 0 aliphatic heterocycles. The van der Waals surface area contributed by atoms with Crippen molar-refractivity contribution in [2.45, 2.75) is 51.7 Å². The molecule has 0 aliphatic carbocycles. The van der Waals surface area contributed by atoms with Crippen molar-refractivity contribution >= 4 is 29.1 Å². The van der Waals surface area contributed by atoms with E-state index in [1.54, 1.807) is 54.6 Å². The number of hydrogen-bond acceptors (Lipinski definition) is 5. The maximum Gasteiger partial charge on any atom is 0.255 e. The molecule has 212 valence electrons. The van der Waals surface area contributed by atoms with E-state index >= 15 is 0 Å². The third-order valence-electron chi connectivity index (χ3n) is 6.10. The number of halogens is 1. The van der Waals surface area contributed by atoms with Crippen molar-refractivity contribution in [1.82, 2.24) is 5.32 Å². The van der Waals surface area contributed by atoms with Crippen LogP contribution in [-0.4, -0.2) is 30.4 Å². The summed E-state index contributed by atoms with van der Waals surface area (Å²) in [5.41, 5.74) is 19.9. The molecule has 0 radical (unpaired) electrons. The summed E-state index contributed by atoms with van der Waals surface area (Å²) in [6.45, 7) is 2.80. The molecule has 3 aromatic carbocycles. The molecule has 3 rings (SSSR count). The van der Waals surface area contributed by atoms with E-state index in [1.807, 2.05) is 0 Å². The normalized spacial score (nSPS) is 11.4. The van der Waals surface area contributed by atoms with E-state index in [0.717, 1.165) is 36.8 Å². The first-order valence-corrected chi connectivity index (χ1v) is 13.3. The molecular formula is C30H37FN6O3. The number of guanidine groups is 1. The van der Waals surface area contributed by atoms with Crippen LogP contribution in [0.1, 0.15) is 54.1 Å². The predicted octanol–water partition coefficient (Wildman–Crippen LogP) is 4.13. The number of amides is 2. The molecule has 0 spiro atoms. The van der Waals surface area contributed by atoms with Crippen LogP contribution in [-0.2, 0) is 17.8 Å². The van der Waals surface area contributed by atoms with Gasteiger partial charge in [-0.3, -0.25) is 9.59 Å². The molecular weight excluding hydrogens is 511 g/mol. The molecule has 0 saturated heterocycles. The third kappa shape index (κ3) is 9.70. The van der Waals surface area contributed by atoms with Crippen LogP contribution in [0.2, 0.25) is 0 Å². The molecule has 9 nitrogen and oxygen atoms in total. The number of carbonyl (C=O) groups excluding carboxylic acids is 2. The molecule has 10 heteroatoms. The molecule has 0 aliphatic rings. The van der Waals surface area contributed by atoms with Crippen LogP contribution in [0.4, 0.5) is 15.8 Å². The monoisotopic (exact) mass is 548 g/mol. The van der Waals surface area contributed by atoms with Crippen LogP contribution in [0.25, 0.3) is 0 Å². The molecule has 3 aromatic rings. The molecule has 0 aromatic heterocycles. The average Bonchev–Trinajstić information content (AvgIpc) is 2.93. The minimum Gasteiger partial charge on any atom is -0.488 e. The molecule has 0 bridgehead atoms. The molecule has 2 amide bonds. The van der Waals surface area contributed by atoms with Crippen LogP contribution in [0.3, 0.4) is 0 Å². The van der Waals surface area contributed by atoms with Gasteiger partial charge in [-0.25, -0.2) is 9.38 Å². The Balaban J connectivity index is 1.69. The standard InChI is InChI=1S/C30H37FN6O3/c1-2-3-4-5-16-35-28(38)25-15-14-24(18-27(25)40-19-21-6-10-22(31)11-7-21)36-29(39)26(32)17-20-8-12-23(13-9-20)37-30(33)34/h6-15,18,26H,2-5,16-17,19,32H2,1H3,(H,35,38)(H,36,39)(H4,33,34,37)/t26-/m0/s1. The molecule has 0 saturated carbocycles. The predicted molar refractivity (Wildman–Crippen MR) is 156 cm³/mol. The summed E-state index contributed by atoms with van der Waals surface area (Å²) in [4.78, 5) is 29.7. The number of nitrogens with zero attached hydrogens (tertiary/aromatic N) is 1. The van der Waals surface area contributed by atoms with Crippen molar-refractivity contribution in [2.75, 3.05) is 11.9 Å². The number of rotatable bonds is 14. The Labute approximate surface area is 234 Å². The number of benzene rings is 3. The number of aliphatic imine (C=N–C) groups is 1. The fraction of sp³-hybridized carbons (Fsp3) is 0.300. The van der Waals surface area contributed by atoms with E-state index in [-0.39, 0.29) is 30.0 Å². The lowest BCUT2D eigenvalue weighted by molar-refractivity contribution is -0.117. The lowest BCUT2D eigenvalue weighted by Gasteiger charge is -2.16. The van der Waals surface area contributed by atoms with Gasteiger partial charge in [0.25, 0.3) is 5.91 Å². The maximum absolute atomic E-state index is 13.3. The van der Waals surface area contributed by atoms with Gasteiger partial charge >= 0.3 is 0 Å². The minimum atomic E-state index is -0.830. The molecule has 0 unspecified atom stereocenters. The first-order valence-electron chi connectivity index (χ1n) is 13.3. The molecule has 0 heterocycles. The highest BCUT2D eigenvalue weighted by atomic mass is 19.1. The Morgan fingerprint density at radius 2 is 1.65 bits per heavy atom. The van der Waals surface area contributed by atoms with Gasteiger partial charge < -0.3 is 32.6 Å². The summed E-state index contributed by atoms with van der Waals surface area (Å²) in [6.07, 6.45) is 4.44. The lowest BCUT2D eigenvalue weighted by atomic mass is 10.1. The zero-order valence-electron chi connectivity index (χ0n) is 22.7. The summed E-state index contributed by atoms with van der Waals surface area (Å²) >= 11 is 0. The van der Waals surface area contributed by atoms with E-state index in [1.165, 1.54) is 12.1 Å². The molecule has 8 N–H and O–H groups in total. The van der Waals surface area contributed by atoms with Crippen molar-refractivity contribution in [3.8, 4) is 5.75 Å². The smallest absolute Gasteiger partial charge is 0.255 e.